The van der Waals surface area contributed by atoms with Gasteiger partial charge in [-0.3, -0.25) is 4.90 Å². The van der Waals surface area contributed by atoms with Crippen LogP contribution < -0.4 is 10.2 Å². The Hall–Kier alpha value is -4.33. The summed E-state index contributed by atoms with van der Waals surface area (Å²) in [7, 11) is 0. The molecular weight excluding hydrogens is 438 g/mol. The number of urea groups is 1. The summed E-state index contributed by atoms with van der Waals surface area (Å²) < 4.78 is 32.7. The highest BCUT2D eigenvalue weighted by Gasteiger charge is 2.36. The molecule has 1 aromatic heterocycles. The second-order valence-electron chi connectivity index (χ2n) is 8.04. The molecule has 3 aromatic carbocycles. The van der Waals surface area contributed by atoms with Gasteiger partial charge in [-0.05, 0) is 61.9 Å². The van der Waals surface area contributed by atoms with Crippen LogP contribution in [-0.4, -0.2) is 16.2 Å². The smallest absolute Gasteiger partial charge is 0.326 e. The van der Waals surface area contributed by atoms with Crippen molar-refractivity contribution >= 4 is 17.3 Å². The highest BCUT2D eigenvalue weighted by Crippen LogP contribution is 2.39. The van der Waals surface area contributed by atoms with Crippen molar-refractivity contribution in [1.82, 2.24) is 15.5 Å². The molecule has 0 fully saturated rings. The first-order valence-corrected chi connectivity index (χ1v) is 10.6. The molecule has 1 aliphatic rings. The first-order valence-electron chi connectivity index (χ1n) is 10.6. The molecule has 0 saturated heterocycles. The maximum atomic E-state index is 13.6. The minimum absolute atomic E-state index is 0.218. The number of hydrogen-bond acceptors (Lipinski definition) is 4. The van der Waals surface area contributed by atoms with Gasteiger partial charge in [0.2, 0.25) is 5.82 Å². The number of amides is 2. The lowest BCUT2D eigenvalue weighted by atomic mass is 9.94. The van der Waals surface area contributed by atoms with E-state index in [1.54, 1.807) is 19.1 Å². The Balaban J connectivity index is 1.65. The number of carbonyl (C=O) groups is 1. The third kappa shape index (κ3) is 3.94. The van der Waals surface area contributed by atoms with Crippen LogP contribution in [0.5, 0.6) is 0 Å². The van der Waals surface area contributed by atoms with Crippen molar-refractivity contribution in [2.24, 2.45) is 0 Å². The van der Waals surface area contributed by atoms with Gasteiger partial charge in [-0.25, -0.2) is 13.6 Å². The summed E-state index contributed by atoms with van der Waals surface area (Å²) in [5.74, 6) is -0.176. The number of benzene rings is 3. The molecule has 170 valence electrons. The average Bonchev–Trinajstić information content (AvgIpc) is 3.30. The van der Waals surface area contributed by atoms with E-state index in [-0.39, 0.29) is 11.7 Å². The van der Waals surface area contributed by atoms with Crippen molar-refractivity contribution in [2.75, 3.05) is 4.90 Å². The van der Waals surface area contributed by atoms with E-state index in [4.69, 9.17) is 4.52 Å². The molecule has 1 atom stereocenters. The number of nitrogens with zero attached hydrogens (tertiary/aromatic N) is 3. The molecule has 2 heterocycles. The van der Waals surface area contributed by atoms with Crippen molar-refractivity contribution in [2.45, 2.75) is 19.9 Å². The number of anilines is 1. The van der Waals surface area contributed by atoms with Gasteiger partial charge in [0.05, 0.1) is 17.3 Å². The number of allylic oxidation sites excluding steroid dienone is 1. The number of aryl methyl sites for hydroxylation is 1. The zero-order valence-corrected chi connectivity index (χ0v) is 18.4. The molecule has 34 heavy (non-hydrogen) atoms. The third-order valence-corrected chi connectivity index (χ3v) is 5.71. The molecule has 8 heteroatoms. The van der Waals surface area contributed by atoms with E-state index in [0.29, 0.717) is 28.3 Å². The molecule has 0 saturated carbocycles. The van der Waals surface area contributed by atoms with Crippen molar-refractivity contribution in [1.29, 1.82) is 0 Å². The lowest BCUT2D eigenvalue weighted by Gasteiger charge is -2.35. The molecule has 1 N–H and O–H groups in total. The Bertz CT molecular complexity index is 1400. The van der Waals surface area contributed by atoms with Gasteiger partial charge < -0.3 is 9.84 Å². The van der Waals surface area contributed by atoms with Gasteiger partial charge in [-0.15, -0.1) is 0 Å². The van der Waals surface area contributed by atoms with E-state index in [1.165, 1.54) is 41.3 Å². The van der Waals surface area contributed by atoms with Gasteiger partial charge in [-0.1, -0.05) is 41.1 Å². The number of carbonyl (C=O) groups excluding carboxylic acids is 1. The van der Waals surface area contributed by atoms with Crippen LogP contribution in [0.1, 0.15) is 30.0 Å². The van der Waals surface area contributed by atoms with Gasteiger partial charge in [0.15, 0.2) is 0 Å². The molecular formula is C26H20F2N4O2. The van der Waals surface area contributed by atoms with E-state index in [2.05, 4.69) is 15.5 Å². The molecule has 4 aromatic rings. The minimum atomic E-state index is -0.657. The van der Waals surface area contributed by atoms with Crippen LogP contribution in [0.15, 0.2) is 83.0 Å². The Kier molecular flexibility index (Phi) is 5.41. The quantitative estimate of drug-likeness (QED) is 0.406. The standard InChI is InChI=1S/C26H20F2N4O2/c1-15-4-3-5-18(14-15)24-30-25(34-31-24)22-16(2)32(21-12-10-20(28)11-13-21)26(33)29-23(22)17-6-8-19(27)9-7-17/h3-14,23H,1-2H3,(H,29,33). The average molecular weight is 458 g/mol. The van der Waals surface area contributed by atoms with Crippen LogP contribution in [0.25, 0.3) is 17.0 Å². The maximum absolute atomic E-state index is 13.6. The summed E-state index contributed by atoms with van der Waals surface area (Å²) in [4.78, 5) is 19.2. The molecule has 1 unspecified atom stereocenters. The van der Waals surface area contributed by atoms with Gasteiger partial charge in [0.1, 0.15) is 11.6 Å². The number of aromatic nitrogens is 2. The maximum Gasteiger partial charge on any atom is 0.326 e. The van der Waals surface area contributed by atoms with E-state index in [1.807, 2.05) is 31.2 Å². The topological polar surface area (TPSA) is 71.3 Å². The molecule has 0 bridgehead atoms. The van der Waals surface area contributed by atoms with Crippen molar-refractivity contribution in [3.8, 4) is 11.4 Å². The van der Waals surface area contributed by atoms with Crippen LogP contribution >= 0.6 is 0 Å². The number of rotatable bonds is 4. The van der Waals surface area contributed by atoms with Crippen LogP contribution in [0.3, 0.4) is 0 Å². The Morgan fingerprint density at radius 3 is 2.29 bits per heavy atom. The van der Waals surface area contributed by atoms with Crippen LogP contribution in [0.2, 0.25) is 0 Å². The second-order valence-corrected chi connectivity index (χ2v) is 8.04. The summed E-state index contributed by atoms with van der Waals surface area (Å²) in [5.41, 5.74) is 4.06. The Morgan fingerprint density at radius 1 is 0.941 bits per heavy atom. The molecule has 2 amide bonds. The van der Waals surface area contributed by atoms with E-state index < -0.39 is 17.9 Å². The first-order chi connectivity index (χ1) is 16.4. The van der Waals surface area contributed by atoms with Crippen LogP contribution in [0, 0.1) is 18.6 Å². The summed E-state index contributed by atoms with van der Waals surface area (Å²) in [5, 5.41) is 7.08. The Morgan fingerprint density at radius 2 is 1.62 bits per heavy atom. The summed E-state index contributed by atoms with van der Waals surface area (Å²) in [6, 6.07) is 18.1. The minimum Gasteiger partial charge on any atom is -0.334 e. The predicted octanol–water partition coefficient (Wildman–Crippen LogP) is 6.03. The normalized spacial score (nSPS) is 16.1. The molecule has 0 radical (unpaired) electrons. The summed E-state index contributed by atoms with van der Waals surface area (Å²) in [6.45, 7) is 3.73. The third-order valence-electron chi connectivity index (χ3n) is 5.71. The monoisotopic (exact) mass is 458 g/mol. The fourth-order valence-corrected chi connectivity index (χ4v) is 4.06. The summed E-state index contributed by atoms with van der Waals surface area (Å²) >= 11 is 0. The van der Waals surface area contributed by atoms with E-state index in [9.17, 15) is 13.6 Å². The lowest BCUT2D eigenvalue weighted by molar-refractivity contribution is 0.244. The van der Waals surface area contributed by atoms with Gasteiger partial charge in [-0.2, -0.15) is 4.98 Å². The summed E-state index contributed by atoms with van der Waals surface area (Å²) in [6.07, 6.45) is 0. The molecule has 6 nitrogen and oxygen atoms in total. The lowest BCUT2D eigenvalue weighted by Crippen LogP contribution is -2.46. The zero-order valence-electron chi connectivity index (χ0n) is 18.4. The van der Waals surface area contributed by atoms with Gasteiger partial charge in [0.25, 0.3) is 5.89 Å². The highest BCUT2D eigenvalue weighted by atomic mass is 19.1. The van der Waals surface area contributed by atoms with Crippen molar-refractivity contribution in [3.05, 3.63) is 107 Å². The SMILES string of the molecule is CC1=C(c2nc(-c3cccc(C)c3)no2)C(c2ccc(F)cc2)NC(=O)N1c1ccc(F)cc1. The van der Waals surface area contributed by atoms with Crippen molar-refractivity contribution in [3.63, 3.8) is 0 Å². The molecule has 0 aliphatic carbocycles. The second kappa shape index (κ2) is 8.55. The van der Waals surface area contributed by atoms with Gasteiger partial charge in [0, 0.05) is 11.3 Å². The molecule has 1 aliphatic heterocycles. The van der Waals surface area contributed by atoms with E-state index >= 15 is 0 Å². The fourth-order valence-electron chi connectivity index (χ4n) is 4.06. The highest BCUT2D eigenvalue weighted by molar-refractivity contribution is 6.01. The first kappa shape index (κ1) is 21.5. The number of nitrogens with one attached hydrogen (secondary N) is 1. The number of halogens is 2. The van der Waals surface area contributed by atoms with Crippen LogP contribution in [0.4, 0.5) is 19.3 Å². The van der Waals surface area contributed by atoms with Crippen molar-refractivity contribution < 1.29 is 18.1 Å². The van der Waals surface area contributed by atoms with E-state index in [0.717, 1.165) is 11.1 Å². The molecule has 0 spiro atoms. The Labute approximate surface area is 194 Å². The van der Waals surface area contributed by atoms with Gasteiger partial charge >= 0.3 is 6.03 Å². The largest absolute Gasteiger partial charge is 0.334 e. The molecule has 5 rings (SSSR count). The number of hydrogen-bond donors (Lipinski definition) is 1. The fraction of sp³-hybridized carbons (Fsp3) is 0.115. The zero-order chi connectivity index (χ0) is 23.8. The predicted molar refractivity (Wildman–Crippen MR) is 124 cm³/mol. The van der Waals surface area contributed by atoms with Crippen LogP contribution in [-0.2, 0) is 0 Å².